The lowest BCUT2D eigenvalue weighted by atomic mass is 10.3. The van der Waals surface area contributed by atoms with Crippen molar-refractivity contribution in [2.24, 2.45) is 0 Å². The molecule has 0 aliphatic heterocycles. The van der Waals surface area contributed by atoms with E-state index in [2.05, 4.69) is 10.3 Å². The molecule has 0 atom stereocenters. The summed E-state index contributed by atoms with van der Waals surface area (Å²) in [7, 11) is 0. The van der Waals surface area contributed by atoms with Crippen LogP contribution in [0.25, 0.3) is 0 Å². The molecule has 7 heteroatoms. The number of carbonyl (C=O) groups is 2. The van der Waals surface area contributed by atoms with Crippen molar-refractivity contribution in [3.05, 3.63) is 45.3 Å². The van der Waals surface area contributed by atoms with E-state index in [1.165, 1.54) is 23.8 Å². The van der Waals surface area contributed by atoms with Crippen LogP contribution in [0.3, 0.4) is 0 Å². The fourth-order valence-electron chi connectivity index (χ4n) is 1.68. The molecule has 2 aromatic heterocycles. The van der Waals surface area contributed by atoms with Gasteiger partial charge in [0.15, 0.2) is 10.9 Å². The number of amides is 1. The molecule has 1 amide bonds. The van der Waals surface area contributed by atoms with Gasteiger partial charge >= 0.3 is 0 Å². The molecule has 0 aromatic carbocycles. The zero-order valence-electron chi connectivity index (χ0n) is 11.0. The van der Waals surface area contributed by atoms with Gasteiger partial charge in [-0.25, -0.2) is 4.98 Å². The molecule has 0 bridgehead atoms. The van der Waals surface area contributed by atoms with E-state index in [0.29, 0.717) is 15.7 Å². The monoisotopic (exact) mass is 291 g/mol. The van der Waals surface area contributed by atoms with E-state index in [9.17, 15) is 14.4 Å². The van der Waals surface area contributed by atoms with Crippen LogP contribution in [0.1, 0.15) is 22.3 Å². The molecule has 0 aliphatic carbocycles. The molecule has 104 valence electrons. The third-order valence-corrected chi connectivity index (χ3v) is 3.75. The van der Waals surface area contributed by atoms with Crippen LogP contribution in [0, 0.1) is 6.92 Å². The fraction of sp³-hybridized carbons (Fsp3) is 0.231. The molecule has 0 unspecified atom stereocenters. The highest BCUT2D eigenvalue weighted by Crippen LogP contribution is 2.22. The number of ketones is 1. The van der Waals surface area contributed by atoms with E-state index in [1.807, 2.05) is 0 Å². The van der Waals surface area contributed by atoms with Crippen LogP contribution in [-0.4, -0.2) is 21.2 Å². The molecular weight excluding hydrogens is 278 g/mol. The number of nitrogens with one attached hydrogen (secondary N) is 1. The molecule has 0 saturated heterocycles. The third kappa shape index (κ3) is 3.18. The molecule has 1 N–H and O–H groups in total. The molecule has 0 aliphatic rings. The molecule has 0 saturated carbocycles. The van der Waals surface area contributed by atoms with Gasteiger partial charge in [0, 0.05) is 19.2 Å². The van der Waals surface area contributed by atoms with Gasteiger partial charge in [-0.1, -0.05) is 17.4 Å². The van der Waals surface area contributed by atoms with Gasteiger partial charge in [0.1, 0.15) is 6.54 Å². The molecule has 0 spiro atoms. The number of aryl methyl sites for hydroxylation is 1. The van der Waals surface area contributed by atoms with Crippen molar-refractivity contribution < 1.29 is 9.59 Å². The van der Waals surface area contributed by atoms with Gasteiger partial charge in [-0.2, -0.15) is 0 Å². The smallest absolute Gasteiger partial charge is 0.250 e. The summed E-state index contributed by atoms with van der Waals surface area (Å²) < 4.78 is 1.29. The van der Waals surface area contributed by atoms with E-state index in [4.69, 9.17) is 0 Å². The summed E-state index contributed by atoms with van der Waals surface area (Å²) in [6.45, 7) is 3.08. The Morgan fingerprint density at radius 2 is 2.15 bits per heavy atom. The normalized spacial score (nSPS) is 10.3. The van der Waals surface area contributed by atoms with Gasteiger partial charge < -0.3 is 9.88 Å². The van der Waals surface area contributed by atoms with E-state index in [0.717, 1.165) is 11.3 Å². The summed E-state index contributed by atoms with van der Waals surface area (Å²) in [5.41, 5.74) is 0.345. The van der Waals surface area contributed by atoms with Crippen molar-refractivity contribution in [2.75, 3.05) is 5.32 Å². The zero-order chi connectivity index (χ0) is 14.7. The standard InChI is InChI=1S/C13H13N3O3S/c1-8-12(9(2)17)20-13(14-8)15-10(18)7-16-6-4-3-5-11(16)19/h3-6H,7H2,1-2H3,(H,14,15,18). The summed E-state index contributed by atoms with van der Waals surface area (Å²) in [4.78, 5) is 39.3. The first-order chi connectivity index (χ1) is 9.47. The van der Waals surface area contributed by atoms with E-state index in [1.54, 1.807) is 19.1 Å². The highest BCUT2D eigenvalue weighted by molar-refractivity contribution is 7.17. The van der Waals surface area contributed by atoms with Crippen molar-refractivity contribution in [3.8, 4) is 0 Å². The van der Waals surface area contributed by atoms with Crippen LogP contribution in [0.5, 0.6) is 0 Å². The Morgan fingerprint density at radius 3 is 2.75 bits per heavy atom. The van der Waals surface area contributed by atoms with Gasteiger partial charge in [0.25, 0.3) is 5.56 Å². The molecule has 2 rings (SSSR count). The highest BCUT2D eigenvalue weighted by Gasteiger charge is 2.13. The Balaban J connectivity index is 2.09. The van der Waals surface area contributed by atoms with Crippen molar-refractivity contribution in [3.63, 3.8) is 0 Å². The zero-order valence-corrected chi connectivity index (χ0v) is 11.9. The van der Waals surface area contributed by atoms with E-state index >= 15 is 0 Å². The van der Waals surface area contributed by atoms with Crippen LogP contribution >= 0.6 is 11.3 Å². The Labute approximate surface area is 119 Å². The number of aromatic nitrogens is 2. The predicted molar refractivity (Wildman–Crippen MR) is 76.2 cm³/mol. The second kappa shape index (κ2) is 5.79. The van der Waals surface area contributed by atoms with Crippen molar-refractivity contribution >= 4 is 28.2 Å². The second-order valence-electron chi connectivity index (χ2n) is 4.20. The molecule has 0 radical (unpaired) electrons. The number of nitrogens with zero attached hydrogens (tertiary/aromatic N) is 2. The van der Waals surface area contributed by atoms with Crippen LogP contribution in [0.15, 0.2) is 29.2 Å². The number of carbonyl (C=O) groups excluding carboxylic acids is 2. The Morgan fingerprint density at radius 1 is 1.40 bits per heavy atom. The molecular formula is C13H13N3O3S. The maximum absolute atomic E-state index is 11.8. The summed E-state index contributed by atoms with van der Waals surface area (Å²) >= 11 is 1.13. The number of Topliss-reactive ketones (excluding diaryl/α,β-unsaturated/α-hetero) is 1. The third-order valence-electron chi connectivity index (χ3n) is 2.58. The Bertz CT molecular complexity index is 718. The van der Waals surface area contributed by atoms with Gasteiger partial charge in [-0.05, 0) is 13.0 Å². The quantitative estimate of drug-likeness (QED) is 0.865. The van der Waals surface area contributed by atoms with Gasteiger partial charge in [-0.3, -0.25) is 14.4 Å². The van der Waals surface area contributed by atoms with Crippen molar-refractivity contribution in [2.45, 2.75) is 20.4 Å². The van der Waals surface area contributed by atoms with Crippen LogP contribution in [0.4, 0.5) is 5.13 Å². The number of pyridine rings is 1. The first-order valence-electron chi connectivity index (χ1n) is 5.91. The molecule has 2 aromatic rings. The molecule has 2 heterocycles. The molecule has 6 nitrogen and oxygen atoms in total. The van der Waals surface area contributed by atoms with Gasteiger partial charge in [0.2, 0.25) is 5.91 Å². The first kappa shape index (κ1) is 14.1. The average molecular weight is 291 g/mol. The number of hydrogen-bond acceptors (Lipinski definition) is 5. The lowest BCUT2D eigenvalue weighted by Gasteiger charge is -2.04. The minimum atomic E-state index is -0.359. The largest absolute Gasteiger partial charge is 0.306 e. The summed E-state index contributed by atoms with van der Waals surface area (Å²) in [6.07, 6.45) is 1.54. The van der Waals surface area contributed by atoms with Gasteiger partial charge in [0.05, 0.1) is 10.6 Å². The number of hydrogen-bond donors (Lipinski definition) is 1. The van der Waals surface area contributed by atoms with Crippen molar-refractivity contribution in [1.82, 2.24) is 9.55 Å². The van der Waals surface area contributed by atoms with Crippen LogP contribution < -0.4 is 10.9 Å². The summed E-state index contributed by atoms with van der Waals surface area (Å²) in [5.74, 6) is -0.443. The van der Waals surface area contributed by atoms with E-state index in [-0.39, 0.29) is 23.8 Å². The Hall–Kier alpha value is -2.28. The average Bonchev–Trinajstić information content (AvgIpc) is 2.73. The molecule has 20 heavy (non-hydrogen) atoms. The lowest BCUT2D eigenvalue weighted by molar-refractivity contribution is -0.116. The SMILES string of the molecule is CC(=O)c1sc(NC(=O)Cn2ccccc2=O)nc1C. The second-order valence-corrected chi connectivity index (χ2v) is 5.20. The minimum absolute atomic E-state index is 0.0835. The topological polar surface area (TPSA) is 81.1 Å². The number of anilines is 1. The lowest BCUT2D eigenvalue weighted by Crippen LogP contribution is -2.26. The number of thiazole rings is 1. The first-order valence-corrected chi connectivity index (χ1v) is 6.72. The fourth-order valence-corrected chi connectivity index (χ4v) is 2.56. The maximum atomic E-state index is 11.8. The van der Waals surface area contributed by atoms with Gasteiger partial charge in [-0.15, -0.1) is 0 Å². The summed E-state index contributed by atoms with van der Waals surface area (Å²) in [6, 6.07) is 4.67. The number of rotatable bonds is 4. The maximum Gasteiger partial charge on any atom is 0.250 e. The molecule has 0 fully saturated rings. The summed E-state index contributed by atoms with van der Waals surface area (Å²) in [5, 5.41) is 2.95. The van der Waals surface area contributed by atoms with E-state index < -0.39 is 0 Å². The van der Waals surface area contributed by atoms with Crippen molar-refractivity contribution in [1.29, 1.82) is 0 Å². The minimum Gasteiger partial charge on any atom is -0.306 e. The predicted octanol–water partition coefficient (Wildman–Crippen LogP) is 1.45. The van der Waals surface area contributed by atoms with Crippen LogP contribution in [-0.2, 0) is 11.3 Å². The highest BCUT2D eigenvalue weighted by atomic mass is 32.1. The van der Waals surface area contributed by atoms with Crippen LogP contribution in [0.2, 0.25) is 0 Å². The Kier molecular flexibility index (Phi) is 4.09.